The molecular formula is C16H17ClFNO5S. The average Bonchev–Trinajstić information content (AvgIpc) is 2.61. The molecule has 0 aliphatic carbocycles. The van der Waals surface area contributed by atoms with Gasteiger partial charge in [-0.3, -0.25) is 0 Å². The van der Waals surface area contributed by atoms with Crippen LogP contribution in [-0.4, -0.2) is 29.7 Å². The average molecular weight is 390 g/mol. The van der Waals surface area contributed by atoms with E-state index in [1.807, 2.05) is 0 Å². The first-order valence-electron chi connectivity index (χ1n) is 7.06. The summed E-state index contributed by atoms with van der Waals surface area (Å²) in [7, 11) is 0.535. The lowest BCUT2D eigenvalue weighted by Gasteiger charge is -2.14. The molecule has 6 nitrogen and oxygen atoms in total. The van der Waals surface area contributed by atoms with E-state index in [0.717, 1.165) is 18.2 Å². The molecule has 1 N–H and O–H groups in total. The van der Waals surface area contributed by atoms with Crippen molar-refractivity contribution in [3.8, 4) is 17.2 Å². The summed E-state index contributed by atoms with van der Waals surface area (Å²) in [5, 5.41) is -0.268. The molecule has 0 aliphatic heterocycles. The van der Waals surface area contributed by atoms with E-state index in [0.29, 0.717) is 22.8 Å². The predicted octanol–water partition coefficient (Wildman–Crippen LogP) is 2.98. The molecule has 9 heteroatoms. The van der Waals surface area contributed by atoms with Crippen molar-refractivity contribution in [2.24, 2.45) is 0 Å². The van der Waals surface area contributed by atoms with E-state index in [1.165, 1.54) is 21.3 Å². The molecule has 2 aromatic rings. The summed E-state index contributed by atoms with van der Waals surface area (Å²) in [6, 6.07) is 6.44. The quantitative estimate of drug-likeness (QED) is 0.788. The van der Waals surface area contributed by atoms with Crippen LogP contribution in [0.15, 0.2) is 35.2 Å². The van der Waals surface area contributed by atoms with E-state index in [2.05, 4.69) is 4.72 Å². The summed E-state index contributed by atoms with van der Waals surface area (Å²) < 4.78 is 55.9. The second-order valence-electron chi connectivity index (χ2n) is 4.93. The van der Waals surface area contributed by atoms with Gasteiger partial charge < -0.3 is 14.2 Å². The molecule has 0 bridgehead atoms. The van der Waals surface area contributed by atoms with Gasteiger partial charge in [0.25, 0.3) is 0 Å². The van der Waals surface area contributed by atoms with Gasteiger partial charge in [0.15, 0.2) is 11.5 Å². The van der Waals surface area contributed by atoms with Crippen molar-refractivity contribution >= 4 is 21.6 Å². The third-order valence-electron chi connectivity index (χ3n) is 3.39. The van der Waals surface area contributed by atoms with Crippen molar-refractivity contribution in [1.82, 2.24) is 4.72 Å². The lowest BCUT2D eigenvalue weighted by atomic mass is 10.2. The standard InChI is InChI=1S/C16H17ClFNO5S/c1-22-14-6-10(7-15(23-2)16(14)24-3)9-19-25(20,21)11-4-5-13(18)12(17)8-11/h4-8,19H,9H2,1-3H3. The minimum Gasteiger partial charge on any atom is -0.493 e. The van der Waals surface area contributed by atoms with E-state index in [9.17, 15) is 12.8 Å². The van der Waals surface area contributed by atoms with Crippen molar-refractivity contribution < 1.29 is 27.0 Å². The maximum absolute atomic E-state index is 13.2. The molecule has 0 aromatic heterocycles. The maximum Gasteiger partial charge on any atom is 0.240 e. The minimum atomic E-state index is -3.87. The Morgan fingerprint density at radius 3 is 2.12 bits per heavy atom. The minimum absolute atomic E-state index is 0.0337. The number of sulfonamides is 1. The van der Waals surface area contributed by atoms with Gasteiger partial charge in [-0.1, -0.05) is 11.6 Å². The number of nitrogens with one attached hydrogen (secondary N) is 1. The van der Waals surface area contributed by atoms with Crippen LogP contribution in [0.25, 0.3) is 0 Å². The van der Waals surface area contributed by atoms with E-state index < -0.39 is 15.8 Å². The van der Waals surface area contributed by atoms with E-state index >= 15 is 0 Å². The summed E-state index contributed by atoms with van der Waals surface area (Å²) in [5.74, 6) is 0.522. The molecule has 2 aromatic carbocycles. The van der Waals surface area contributed by atoms with Gasteiger partial charge >= 0.3 is 0 Å². The molecule has 0 heterocycles. The van der Waals surface area contributed by atoms with Crippen LogP contribution in [-0.2, 0) is 16.6 Å². The molecule has 0 radical (unpaired) electrons. The van der Waals surface area contributed by atoms with Gasteiger partial charge in [-0.25, -0.2) is 17.5 Å². The Morgan fingerprint density at radius 2 is 1.64 bits per heavy atom. The van der Waals surface area contributed by atoms with Gasteiger partial charge in [0.2, 0.25) is 15.8 Å². The van der Waals surface area contributed by atoms with Crippen molar-refractivity contribution in [2.45, 2.75) is 11.4 Å². The number of ether oxygens (including phenoxy) is 3. The zero-order chi connectivity index (χ0) is 18.6. The molecular weight excluding hydrogens is 373 g/mol. The fraction of sp³-hybridized carbons (Fsp3) is 0.250. The largest absolute Gasteiger partial charge is 0.493 e. The van der Waals surface area contributed by atoms with E-state index in [4.69, 9.17) is 25.8 Å². The second kappa shape index (κ2) is 7.90. The Morgan fingerprint density at radius 1 is 1.04 bits per heavy atom. The summed E-state index contributed by atoms with van der Waals surface area (Å²) in [6.45, 7) is -0.0337. The SMILES string of the molecule is COc1cc(CNS(=O)(=O)c2ccc(F)c(Cl)c2)cc(OC)c1OC. The zero-order valence-corrected chi connectivity index (χ0v) is 15.4. The third-order valence-corrected chi connectivity index (χ3v) is 5.08. The van der Waals surface area contributed by atoms with Crippen molar-refractivity contribution in [3.05, 3.63) is 46.7 Å². The number of hydrogen-bond donors (Lipinski definition) is 1. The topological polar surface area (TPSA) is 73.9 Å². The first-order chi connectivity index (χ1) is 11.8. The fourth-order valence-electron chi connectivity index (χ4n) is 2.14. The highest BCUT2D eigenvalue weighted by Gasteiger charge is 2.18. The summed E-state index contributed by atoms with van der Waals surface area (Å²) >= 11 is 5.64. The Kier molecular flexibility index (Phi) is 6.10. The Labute approximate surface area is 150 Å². The van der Waals surface area contributed by atoms with Crippen LogP contribution >= 0.6 is 11.6 Å². The molecule has 0 amide bonds. The van der Waals surface area contributed by atoms with E-state index in [1.54, 1.807) is 12.1 Å². The Hall–Kier alpha value is -2.03. The number of benzene rings is 2. The molecule has 0 fully saturated rings. The molecule has 0 saturated heterocycles. The highest BCUT2D eigenvalue weighted by molar-refractivity contribution is 7.89. The van der Waals surface area contributed by atoms with Gasteiger partial charge in [-0.2, -0.15) is 0 Å². The summed E-state index contributed by atoms with van der Waals surface area (Å²) in [4.78, 5) is -0.133. The lowest BCUT2D eigenvalue weighted by Crippen LogP contribution is -2.23. The predicted molar refractivity (Wildman–Crippen MR) is 91.5 cm³/mol. The Balaban J connectivity index is 2.26. The zero-order valence-electron chi connectivity index (χ0n) is 13.8. The summed E-state index contributed by atoms with van der Waals surface area (Å²) in [5.41, 5.74) is 0.589. The normalized spacial score (nSPS) is 11.2. The van der Waals surface area contributed by atoms with Gasteiger partial charge in [0, 0.05) is 6.54 Å². The monoisotopic (exact) mass is 389 g/mol. The van der Waals surface area contributed by atoms with Crippen LogP contribution in [0.1, 0.15) is 5.56 Å². The maximum atomic E-state index is 13.2. The van der Waals surface area contributed by atoms with Crippen LogP contribution in [0.3, 0.4) is 0 Å². The van der Waals surface area contributed by atoms with Crippen LogP contribution in [0.5, 0.6) is 17.2 Å². The Bertz CT molecular complexity index is 848. The van der Waals surface area contributed by atoms with Crippen molar-refractivity contribution in [1.29, 1.82) is 0 Å². The van der Waals surface area contributed by atoms with Gasteiger partial charge in [0.1, 0.15) is 5.82 Å². The highest BCUT2D eigenvalue weighted by atomic mass is 35.5. The van der Waals surface area contributed by atoms with Crippen LogP contribution < -0.4 is 18.9 Å². The van der Waals surface area contributed by atoms with E-state index in [-0.39, 0.29) is 16.5 Å². The number of rotatable bonds is 7. The van der Waals surface area contributed by atoms with Crippen LogP contribution in [0, 0.1) is 5.82 Å². The molecule has 25 heavy (non-hydrogen) atoms. The highest BCUT2D eigenvalue weighted by Crippen LogP contribution is 2.38. The molecule has 136 valence electrons. The molecule has 0 atom stereocenters. The molecule has 0 saturated carbocycles. The number of methoxy groups -OCH3 is 3. The fourth-order valence-corrected chi connectivity index (χ4v) is 3.43. The molecule has 0 aliphatic rings. The molecule has 0 unspecified atom stereocenters. The first-order valence-corrected chi connectivity index (χ1v) is 8.92. The van der Waals surface area contributed by atoms with Crippen molar-refractivity contribution in [2.75, 3.05) is 21.3 Å². The first kappa shape index (κ1) is 19.3. The third kappa shape index (κ3) is 4.33. The lowest BCUT2D eigenvalue weighted by molar-refractivity contribution is 0.323. The summed E-state index contributed by atoms with van der Waals surface area (Å²) in [6.07, 6.45) is 0. The smallest absolute Gasteiger partial charge is 0.240 e. The van der Waals surface area contributed by atoms with Crippen LogP contribution in [0.4, 0.5) is 4.39 Å². The van der Waals surface area contributed by atoms with Gasteiger partial charge in [-0.15, -0.1) is 0 Å². The molecule has 2 rings (SSSR count). The van der Waals surface area contributed by atoms with Crippen LogP contribution in [0.2, 0.25) is 5.02 Å². The number of hydrogen-bond acceptors (Lipinski definition) is 5. The molecule has 0 spiro atoms. The second-order valence-corrected chi connectivity index (χ2v) is 7.11. The van der Waals surface area contributed by atoms with Crippen molar-refractivity contribution in [3.63, 3.8) is 0 Å². The van der Waals surface area contributed by atoms with Gasteiger partial charge in [0.05, 0.1) is 31.2 Å². The van der Waals surface area contributed by atoms with Gasteiger partial charge in [-0.05, 0) is 35.9 Å². The number of halogens is 2.